The molecular weight excluding hydrogens is 372 g/mol. The molecule has 1 amide bonds. The molecular formula is C22H25N2OS2+. The van der Waals surface area contributed by atoms with Gasteiger partial charge in [0.25, 0.3) is 5.91 Å². The first-order valence-electron chi connectivity index (χ1n) is 9.09. The van der Waals surface area contributed by atoms with Crippen molar-refractivity contribution in [3.63, 3.8) is 0 Å². The molecule has 5 heteroatoms. The Morgan fingerprint density at radius 1 is 1.11 bits per heavy atom. The highest BCUT2D eigenvalue weighted by molar-refractivity contribution is 7.98. The minimum Gasteiger partial charge on any atom is -0.328 e. The van der Waals surface area contributed by atoms with E-state index in [4.69, 9.17) is 0 Å². The van der Waals surface area contributed by atoms with Gasteiger partial charge in [0.2, 0.25) is 0 Å². The fourth-order valence-electron chi connectivity index (χ4n) is 3.02. The first-order chi connectivity index (χ1) is 13.2. The zero-order valence-corrected chi connectivity index (χ0v) is 17.3. The molecule has 0 unspecified atom stereocenters. The second-order valence-corrected chi connectivity index (χ2v) is 8.10. The van der Waals surface area contributed by atoms with Gasteiger partial charge in [0.05, 0.1) is 10.6 Å². The molecule has 3 aromatic rings. The first-order valence-corrected chi connectivity index (χ1v) is 11.2. The van der Waals surface area contributed by atoms with Gasteiger partial charge in [-0.05, 0) is 41.8 Å². The number of anilines is 1. The summed E-state index contributed by atoms with van der Waals surface area (Å²) in [5.41, 5.74) is 3.44. The van der Waals surface area contributed by atoms with Crippen LogP contribution in [0.2, 0.25) is 0 Å². The summed E-state index contributed by atoms with van der Waals surface area (Å²) in [5.74, 6) is 0.0169. The Hall–Kier alpha value is -2.08. The summed E-state index contributed by atoms with van der Waals surface area (Å²) in [7, 11) is 0. The van der Waals surface area contributed by atoms with Crippen molar-refractivity contribution >= 4 is 34.7 Å². The number of thiophene rings is 1. The van der Waals surface area contributed by atoms with E-state index in [1.807, 2.05) is 30.5 Å². The average Bonchev–Trinajstić information content (AvgIpc) is 3.23. The maximum absolute atomic E-state index is 12.5. The molecule has 1 aromatic heterocycles. The van der Waals surface area contributed by atoms with Crippen LogP contribution in [-0.4, -0.2) is 18.7 Å². The predicted molar refractivity (Wildman–Crippen MR) is 116 cm³/mol. The lowest BCUT2D eigenvalue weighted by Crippen LogP contribution is -2.87. The van der Waals surface area contributed by atoms with Gasteiger partial charge in [-0.1, -0.05) is 49.4 Å². The summed E-state index contributed by atoms with van der Waals surface area (Å²) in [6.45, 7) is 2.54. The molecule has 140 valence electrons. The number of aryl methyl sites for hydroxylation is 1. The van der Waals surface area contributed by atoms with Gasteiger partial charge in [-0.25, -0.2) is 0 Å². The Morgan fingerprint density at radius 3 is 2.56 bits per heavy atom. The first kappa shape index (κ1) is 19.7. The number of nitrogens with two attached hydrogens (primary N) is 1. The average molecular weight is 398 g/mol. The summed E-state index contributed by atoms with van der Waals surface area (Å²) >= 11 is 3.37. The van der Waals surface area contributed by atoms with E-state index in [0.29, 0.717) is 6.54 Å². The van der Waals surface area contributed by atoms with Gasteiger partial charge in [-0.3, -0.25) is 4.79 Å². The van der Waals surface area contributed by atoms with E-state index in [2.05, 4.69) is 59.3 Å². The lowest BCUT2D eigenvalue weighted by Gasteiger charge is -2.16. The van der Waals surface area contributed by atoms with Crippen molar-refractivity contribution in [2.75, 3.05) is 18.1 Å². The van der Waals surface area contributed by atoms with Crippen LogP contribution in [0.4, 0.5) is 5.69 Å². The van der Waals surface area contributed by atoms with Gasteiger partial charge in [-0.15, -0.1) is 23.1 Å². The molecule has 1 atom stereocenters. The highest BCUT2D eigenvalue weighted by atomic mass is 32.2. The van der Waals surface area contributed by atoms with Crippen molar-refractivity contribution in [3.05, 3.63) is 82.0 Å². The quantitative estimate of drug-likeness (QED) is 0.556. The standard InChI is InChI=1S/C22H24N2OS2/c1-3-16-10-12-17(13-11-16)22(20-9-6-14-27-20)23-15-21(25)24-18-7-4-5-8-19(18)26-2/h4-14,22-23H,3,15H2,1-2H3,(H,24,25)/p+1/t22-/m1/s1. The van der Waals surface area contributed by atoms with Gasteiger partial charge in [0.15, 0.2) is 6.54 Å². The summed E-state index contributed by atoms with van der Waals surface area (Å²) in [4.78, 5) is 14.9. The molecule has 0 fully saturated rings. The zero-order chi connectivity index (χ0) is 19.1. The van der Waals surface area contributed by atoms with Crippen molar-refractivity contribution < 1.29 is 10.1 Å². The molecule has 1 heterocycles. The number of carbonyl (C=O) groups excluding carboxylic acids is 1. The Morgan fingerprint density at radius 2 is 1.89 bits per heavy atom. The van der Waals surface area contributed by atoms with E-state index < -0.39 is 0 Å². The third kappa shape index (κ3) is 5.22. The van der Waals surface area contributed by atoms with Crippen molar-refractivity contribution in [2.45, 2.75) is 24.3 Å². The van der Waals surface area contributed by atoms with E-state index in [1.165, 1.54) is 16.0 Å². The Labute approximate surface area is 169 Å². The molecule has 0 aliphatic carbocycles. The van der Waals surface area contributed by atoms with Crippen LogP contribution >= 0.6 is 23.1 Å². The van der Waals surface area contributed by atoms with Gasteiger partial charge < -0.3 is 10.6 Å². The third-order valence-corrected chi connectivity index (χ3v) is 6.27. The van der Waals surface area contributed by atoms with Crippen LogP contribution in [0.1, 0.15) is 29.0 Å². The predicted octanol–water partition coefficient (Wildman–Crippen LogP) is 4.32. The SMILES string of the molecule is CCc1ccc([C@@H]([NH2+]CC(=O)Nc2ccccc2SC)c2cccs2)cc1. The number of hydrogen-bond donors (Lipinski definition) is 2. The molecule has 3 rings (SSSR count). The molecule has 2 aromatic carbocycles. The van der Waals surface area contributed by atoms with Gasteiger partial charge in [0.1, 0.15) is 6.04 Å². The smallest absolute Gasteiger partial charge is 0.279 e. The monoisotopic (exact) mass is 397 g/mol. The van der Waals surface area contributed by atoms with Crippen LogP contribution in [0.25, 0.3) is 0 Å². The van der Waals surface area contributed by atoms with Crippen LogP contribution in [0.5, 0.6) is 0 Å². The molecule has 0 saturated heterocycles. The minimum atomic E-state index is 0.0169. The molecule has 0 spiro atoms. The number of thioether (sulfide) groups is 1. The number of amides is 1. The van der Waals surface area contributed by atoms with Crippen molar-refractivity contribution in [1.29, 1.82) is 0 Å². The molecule has 3 N–H and O–H groups in total. The highest BCUT2D eigenvalue weighted by Gasteiger charge is 2.20. The molecule has 0 aliphatic heterocycles. The van der Waals surface area contributed by atoms with E-state index in [1.54, 1.807) is 23.1 Å². The topological polar surface area (TPSA) is 45.7 Å². The summed E-state index contributed by atoms with van der Waals surface area (Å²) < 4.78 is 0. The number of quaternary nitrogens is 1. The molecule has 0 bridgehead atoms. The Bertz CT molecular complexity index is 860. The molecule has 0 radical (unpaired) electrons. The molecule has 0 saturated carbocycles. The number of nitrogens with one attached hydrogen (secondary N) is 1. The van der Waals surface area contributed by atoms with E-state index in [0.717, 1.165) is 17.0 Å². The van der Waals surface area contributed by atoms with E-state index in [-0.39, 0.29) is 11.9 Å². The minimum absolute atomic E-state index is 0.0169. The van der Waals surface area contributed by atoms with Crippen LogP contribution < -0.4 is 10.6 Å². The third-order valence-electron chi connectivity index (χ3n) is 4.52. The van der Waals surface area contributed by atoms with E-state index in [9.17, 15) is 4.79 Å². The van der Waals surface area contributed by atoms with Crippen LogP contribution in [0.15, 0.2) is 70.9 Å². The Balaban J connectivity index is 1.70. The number of rotatable bonds is 8. The lowest BCUT2D eigenvalue weighted by molar-refractivity contribution is -0.675. The van der Waals surface area contributed by atoms with Crippen LogP contribution in [0, 0.1) is 0 Å². The Kier molecular flexibility index (Phi) is 7.10. The number of para-hydroxylation sites is 1. The van der Waals surface area contributed by atoms with Gasteiger partial charge in [0, 0.05) is 10.5 Å². The van der Waals surface area contributed by atoms with Gasteiger partial charge in [-0.2, -0.15) is 0 Å². The maximum Gasteiger partial charge on any atom is 0.279 e. The highest BCUT2D eigenvalue weighted by Crippen LogP contribution is 2.25. The second kappa shape index (κ2) is 9.74. The fraction of sp³-hybridized carbons (Fsp3) is 0.227. The number of hydrogen-bond acceptors (Lipinski definition) is 3. The van der Waals surface area contributed by atoms with Crippen LogP contribution in [0.3, 0.4) is 0 Å². The van der Waals surface area contributed by atoms with Crippen molar-refractivity contribution in [2.24, 2.45) is 0 Å². The number of carbonyl (C=O) groups is 1. The van der Waals surface area contributed by atoms with E-state index >= 15 is 0 Å². The molecule has 0 aliphatic rings. The summed E-state index contributed by atoms with van der Waals surface area (Å²) in [6, 6.07) is 21.0. The van der Waals surface area contributed by atoms with Gasteiger partial charge >= 0.3 is 0 Å². The molecule has 3 nitrogen and oxygen atoms in total. The normalized spacial score (nSPS) is 11.9. The fourth-order valence-corrected chi connectivity index (χ4v) is 4.42. The lowest BCUT2D eigenvalue weighted by atomic mass is 10.0. The van der Waals surface area contributed by atoms with Crippen molar-refractivity contribution in [3.8, 4) is 0 Å². The zero-order valence-electron chi connectivity index (χ0n) is 15.6. The molecule has 27 heavy (non-hydrogen) atoms. The van der Waals surface area contributed by atoms with Crippen LogP contribution in [-0.2, 0) is 11.2 Å². The number of benzene rings is 2. The summed E-state index contributed by atoms with van der Waals surface area (Å²) in [5, 5.41) is 7.25. The van der Waals surface area contributed by atoms with Crippen molar-refractivity contribution in [1.82, 2.24) is 0 Å². The largest absolute Gasteiger partial charge is 0.328 e. The summed E-state index contributed by atoms with van der Waals surface area (Å²) in [6.07, 6.45) is 3.05. The second-order valence-electron chi connectivity index (χ2n) is 6.28. The maximum atomic E-state index is 12.5.